The summed E-state index contributed by atoms with van der Waals surface area (Å²) in [6, 6.07) is 5.63. The molecular weight excluding hydrogens is 326 g/mol. The Kier molecular flexibility index (Phi) is 6.13. The van der Waals surface area contributed by atoms with Gasteiger partial charge in [-0.3, -0.25) is 9.59 Å². The van der Waals surface area contributed by atoms with Crippen LogP contribution in [0.5, 0.6) is 0 Å². The van der Waals surface area contributed by atoms with E-state index in [2.05, 4.69) is 15.6 Å². The average Bonchev–Trinajstić information content (AvgIpc) is 2.97. The highest BCUT2D eigenvalue weighted by molar-refractivity contribution is 5.88. The zero-order chi connectivity index (χ0) is 18.4. The third-order valence-corrected chi connectivity index (χ3v) is 4.03. The molecule has 134 valence electrons. The number of hydrogen-bond donors (Lipinski definition) is 5. The Morgan fingerprint density at radius 2 is 1.88 bits per heavy atom. The van der Waals surface area contributed by atoms with Crippen molar-refractivity contribution in [3.8, 4) is 0 Å². The molecule has 8 nitrogen and oxygen atoms in total. The van der Waals surface area contributed by atoms with E-state index >= 15 is 0 Å². The molecule has 0 spiro atoms. The first-order valence-electron chi connectivity index (χ1n) is 7.89. The Morgan fingerprint density at radius 1 is 1.16 bits per heavy atom. The molecule has 1 aromatic carbocycles. The van der Waals surface area contributed by atoms with Gasteiger partial charge in [0, 0.05) is 29.9 Å². The van der Waals surface area contributed by atoms with Crippen LogP contribution in [0.2, 0.25) is 0 Å². The molecule has 8 heteroatoms. The van der Waals surface area contributed by atoms with Crippen molar-refractivity contribution in [3.63, 3.8) is 0 Å². The summed E-state index contributed by atoms with van der Waals surface area (Å²) in [5.74, 6) is -2.69. The Balaban J connectivity index is 2.08. The summed E-state index contributed by atoms with van der Waals surface area (Å²) in [5.41, 5.74) is 1.68. The fourth-order valence-corrected chi connectivity index (χ4v) is 2.67. The van der Waals surface area contributed by atoms with Crippen LogP contribution in [0, 0.1) is 0 Å². The van der Waals surface area contributed by atoms with Gasteiger partial charge in [-0.05, 0) is 25.1 Å². The fraction of sp³-hybridized carbons (Fsp3) is 0.353. The van der Waals surface area contributed by atoms with Gasteiger partial charge in [0.2, 0.25) is 5.91 Å². The van der Waals surface area contributed by atoms with Crippen molar-refractivity contribution in [1.29, 1.82) is 0 Å². The van der Waals surface area contributed by atoms with Crippen LogP contribution in [0.25, 0.3) is 10.9 Å². The third kappa shape index (κ3) is 4.80. The van der Waals surface area contributed by atoms with E-state index in [-0.39, 0.29) is 19.3 Å². The summed E-state index contributed by atoms with van der Waals surface area (Å²) >= 11 is 0. The number of hydrogen-bond acceptors (Lipinski definition) is 4. The van der Waals surface area contributed by atoms with Crippen molar-refractivity contribution < 1.29 is 24.6 Å². The average molecular weight is 347 g/mol. The Labute approximate surface area is 144 Å². The van der Waals surface area contributed by atoms with E-state index in [0.29, 0.717) is 0 Å². The van der Waals surface area contributed by atoms with Crippen LogP contribution in [-0.4, -0.2) is 52.2 Å². The van der Waals surface area contributed by atoms with E-state index < -0.39 is 29.9 Å². The molecule has 0 aliphatic rings. The molecule has 0 bridgehead atoms. The Bertz CT molecular complexity index is 770. The van der Waals surface area contributed by atoms with E-state index in [9.17, 15) is 19.5 Å². The van der Waals surface area contributed by atoms with Crippen LogP contribution in [-0.2, 0) is 20.8 Å². The molecule has 0 aliphatic heterocycles. The van der Waals surface area contributed by atoms with Crippen molar-refractivity contribution in [3.05, 3.63) is 36.0 Å². The van der Waals surface area contributed by atoms with Crippen molar-refractivity contribution in [2.45, 2.75) is 31.3 Å². The SMILES string of the molecule is CN[C@@H](CCC(=O)O)C(=O)N[C@@H](Cc1c[nH]c2ccccc12)C(=O)O. The molecule has 0 unspecified atom stereocenters. The minimum absolute atomic E-state index is 0.0804. The van der Waals surface area contributed by atoms with Crippen LogP contribution in [0.4, 0.5) is 0 Å². The number of nitrogens with one attached hydrogen (secondary N) is 3. The van der Waals surface area contributed by atoms with Crippen LogP contribution in [0.1, 0.15) is 18.4 Å². The number of para-hydroxylation sites is 1. The molecule has 1 heterocycles. The summed E-state index contributed by atoms with van der Waals surface area (Å²) < 4.78 is 0. The lowest BCUT2D eigenvalue weighted by molar-refractivity contribution is -0.142. The molecule has 0 saturated carbocycles. The van der Waals surface area contributed by atoms with Crippen LogP contribution in [0.15, 0.2) is 30.5 Å². The highest BCUT2D eigenvalue weighted by atomic mass is 16.4. The van der Waals surface area contributed by atoms with Crippen LogP contribution < -0.4 is 10.6 Å². The summed E-state index contributed by atoms with van der Waals surface area (Å²) in [6.07, 6.45) is 1.75. The molecule has 0 fully saturated rings. The number of likely N-dealkylation sites (N-methyl/N-ethyl adjacent to an activating group) is 1. The molecule has 2 aromatic rings. The maximum atomic E-state index is 12.3. The smallest absolute Gasteiger partial charge is 0.326 e. The van der Waals surface area contributed by atoms with E-state index in [1.807, 2.05) is 24.3 Å². The maximum Gasteiger partial charge on any atom is 0.326 e. The molecule has 2 rings (SSSR count). The van der Waals surface area contributed by atoms with Gasteiger partial charge in [0.05, 0.1) is 6.04 Å². The van der Waals surface area contributed by atoms with Gasteiger partial charge in [0.1, 0.15) is 6.04 Å². The second-order valence-corrected chi connectivity index (χ2v) is 5.74. The maximum absolute atomic E-state index is 12.3. The molecule has 1 aromatic heterocycles. The zero-order valence-electron chi connectivity index (χ0n) is 13.8. The molecular formula is C17H21N3O5. The summed E-state index contributed by atoms with van der Waals surface area (Å²) in [5, 5.41) is 24.3. The highest BCUT2D eigenvalue weighted by Crippen LogP contribution is 2.19. The van der Waals surface area contributed by atoms with Gasteiger partial charge >= 0.3 is 11.9 Å². The number of carbonyl (C=O) groups excluding carboxylic acids is 1. The first-order valence-corrected chi connectivity index (χ1v) is 7.89. The Morgan fingerprint density at radius 3 is 2.52 bits per heavy atom. The number of carboxylic acid groups (broad SMARTS) is 2. The normalized spacial score (nSPS) is 13.3. The monoisotopic (exact) mass is 347 g/mol. The van der Waals surface area contributed by atoms with Crippen LogP contribution >= 0.6 is 0 Å². The molecule has 2 atom stereocenters. The number of fused-ring (bicyclic) bond motifs is 1. The lowest BCUT2D eigenvalue weighted by atomic mass is 10.0. The molecule has 0 aliphatic carbocycles. The zero-order valence-corrected chi connectivity index (χ0v) is 13.8. The number of H-pyrrole nitrogens is 1. The number of aliphatic carboxylic acids is 2. The summed E-state index contributed by atoms with van der Waals surface area (Å²) in [4.78, 5) is 37.5. The quantitative estimate of drug-likeness (QED) is 0.454. The number of benzene rings is 1. The van der Waals surface area contributed by atoms with E-state index in [1.165, 1.54) is 7.05 Å². The van der Waals surface area contributed by atoms with Crippen molar-refractivity contribution in [1.82, 2.24) is 15.6 Å². The Hall–Kier alpha value is -2.87. The summed E-state index contributed by atoms with van der Waals surface area (Å²) in [6.45, 7) is 0. The van der Waals surface area contributed by atoms with Crippen molar-refractivity contribution in [2.75, 3.05) is 7.05 Å². The van der Waals surface area contributed by atoms with Gasteiger partial charge in [-0.2, -0.15) is 0 Å². The predicted octanol–water partition coefficient (Wildman–Crippen LogP) is 0.733. The van der Waals surface area contributed by atoms with Gasteiger partial charge in [-0.15, -0.1) is 0 Å². The lowest BCUT2D eigenvalue weighted by Gasteiger charge is -2.19. The summed E-state index contributed by atoms with van der Waals surface area (Å²) in [7, 11) is 1.53. The second kappa shape index (κ2) is 8.29. The number of rotatable bonds is 9. The first kappa shape index (κ1) is 18.5. The number of carbonyl (C=O) groups is 3. The number of amides is 1. The predicted molar refractivity (Wildman–Crippen MR) is 91.3 cm³/mol. The van der Waals surface area contributed by atoms with Gasteiger partial charge < -0.3 is 25.8 Å². The largest absolute Gasteiger partial charge is 0.481 e. The standard InChI is InChI=1S/C17H21N3O5/c1-18-13(6-7-15(21)22)16(23)20-14(17(24)25)8-10-9-19-12-5-3-2-4-11(10)12/h2-5,9,13-14,18-19H,6-8H2,1H3,(H,20,23)(H,21,22)(H,24,25)/t13-,14-/m0/s1. The van der Waals surface area contributed by atoms with Crippen molar-refractivity contribution in [2.24, 2.45) is 0 Å². The van der Waals surface area contributed by atoms with E-state index in [0.717, 1.165) is 16.5 Å². The number of aromatic nitrogens is 1. The van der Waals surface area contributed by atoms with Gasteiger partial charge in [0.25, 0.3) is 0 Å². The lowest BCUT2D eigenvalue weighted by Crippen LogP contribution is -2.50. The van der Waals surface area contributed by atoms with E-state index in [1.54, 1.807) is 6.20 Å². The van der Waals surface area contributed by atoms with Gasteiger partial charge in [0.15, 0.2) is 0 Å². The highest BCUT2D eigenvalue weighted by Gasteiger charge is 2.25. The fourth-order valence-electron chi connectivity index (χ4n) is 2.67. The molecule has 25 heavy (non-hydrogen) atoms. The molecule has 1 amide bonds. The number of carboxylic acids is 2. The van der Waals surface area contributed by atoms with Crippen molar-refractivity contribution >= 4 is 28.7 Å². The second-order valence-electron chi connectivity index (χ2n) is 5.74. The first-order chi connectivity index (χ1) is 11.9. The molecule has 0 radical (unpaired) electrons. The third-order valence-electron chi connectivity index (χ3n) is 4.03. The molecule has 5 N–H and O–H groups in total. The topological polar surface area (TPSA) is 132 Å². The number of aromatic amines is 1. The minimum Gasteiger partial charge on any atom is -0.481 e. The van der Waals surface area contributed by atoms with Crippen LogP contribution in [0.3, 0.4) is 0 Å². The molecule has 0 saturated heterocycles. The van der Waals surface area contributed by atoms with Gasteiger partial charge in [-0.25, -0.2) is 4.79 Å². The van der Waals surface area contributed by atoms with Gasteiger partial charge in [-0.1, -0.05) is 18.2 Å². The van der Waals surface area contributed by atoms with E-state index in [4.69, 9.17) is 5.11 Å². The minimum atomic E-state index is -1.15.